The Labute approximate surface area is 136 Å². The number of aromatic nitrogens is 3. The largest absolute Gasteiger partial charge is 0.351 e. The molecule has 1 fully saturated rings. The monoisotopic (exact) mass is 344 g/mol. The summed E-state index contributed by atoms with van der Waals surface area (Å²) in [5, 5.41) is 10.4. The van der Waals surface area contributed by atoms with Crippen molar-refractivity contribution >= 4 is 15.9 Å². The standard InChI is InChI=1S/C13H24N6O3S/c1-23(21,22)19-8-3-2-4-11(19)5-7-15-13(20)12-10-18(9-6-14)17-16-12/h10-11H,2-9,14H2,1H3,(H,15,20)/t11-/m1/s1. The van der Waals surface area contributed by atoms with E-state index in [0.29, 0.717) is 32.6 Å². The molecule has 1 aliphatic rings. The number of carbonyl (C=O) groups excluding carboxylic acids is 1. The van der Waals surface area contributed by atoms with Crippen LogP contribution in [0.15, 0.2) is 6.20 Å². The highest BCUT2D eigenvalue weighted by atomic mass is 32.2. The van der Waals surface area contributed by atoms with Gasteiger partial charge in [-0.3, -0.25) is 9.48 Å². The zero-order chi connectivity index (χ0) is 16.9. The van der Waals surface area contributed by atoms with Gasteiger partial charge in [-0.25, -0.2) is 8.42 Å². The molecular weight excluding hydrogens is 320 g/mol. The lowest BCUT2D eigenvalue weighted by molar-refractivity contribution is 0.0944. The van der Waals surface area contributed by atoms with Crippen LogP contribution in [0.3, 0.4) is 0 Å². The van der Waals surface area contributed by atoms with Crippen molar-refractivity contribution in [3.8, 4) is 0 Å². The number of piperidine rings is 1. The minimum absolute atomic E-state index is 0.0491. The van der Waals surface area contributed by atoms with E-state index in [4.69, 9.17) is 5.73 Å². The molecular formula is C13H24N6O3S. The first-order chi connectivity index (χ1) is 10.9. The Morgan fingerprint density at radius 2 is 2.26 bits per heavy atom. The van der Waals surface area contributed by atoms with Crippen molar-refractivity contribution in [1.82, 2.24) is 24.6 Å². The molecule has 1 atom stereocenters. The molecule has 0 aliphatic carbocycles. The van der Waals surface area contributed by atoms with Gasteiger partial charge in [-0.05, 0) is 19.3 Å². The third-order valence-electron chi connectivity index (χ3n) is 3.89. The number of rotatable bonds is 7. The van der Waals surface area contributed by atoms with Crippen molar-refractivity contribution in [1.29, 1.82) is 0 Å². The predicted molar refractivity (Wildman–Crippen MR) is 85.2 cm³/mol. The quantitative estimate of drug-likeness (QED) is 0.665. The fraction of sp³-hybridized carbons (Fsp3) is 0.769. The summed E-state index contributed by atoms with van der Waals surface area (Å²) in [5.74, 6) is -0.310. The van der Waals surface area contributed by atoms with Gasteiger partial charge in [-0.1, -0.05) is 11.6 Å². The Bertz CT molecular complexity index is 629. The minimum Gasteiger partial charge on any atom is -0.351 e. The van der Waals surface area contributed by atoms with E-state index in [0.717, 1.165) is 19.3 Å². The first kappa shape index (κ1) is 17.8. The second kappa shape index (κ2) is 7.84. The topological polar surface area (TPSA) is 123 Å². The molecule has 23 heavy (non-hydrogen) atoms. The molecule has 130 valence electrons. The second-order valence-electron chi connectivity index (χ2n) is 5.72. The number of carbonyl (C=O) groups is 1. The Morgan fingerprint density at radius 1 is 1.48 bits per heavy atom. The number of amides is 1. The van der Waals surface area contributed by atoms with Gasteiger partial charge in [0.2, 0.25) is 10.0 Å². The molecule has 1 aromatic heterocycles. The van der Waals surface area contributed by atoms with Crippen LogP contribution in [0.4, 0.5) is 0 Å². The molecule has 0 spiro atoms. The number of nitrogens with two attached hydrogens (primary N) is 1. The van der Waals surface area contributed by atoms with Gasteiger partial charge < -0.3 is 11.1 Å². The Morgan fingerprint density at radius 3 is 2.96 bits per heavy atom. The van der Waals surface area contributed by atoms with Crippen LogP contribution in [-0.2, 0) is 16.6 Å². The highest BCUT2D eigenvalue weighted by molar-refractivity contribution is 7.88. The Balaban J connectivity index is 1.84. The molecule has 0 unspecified atom stereocenters. The first-order valence-corrected chi connectivity index (χ1v) is 9.62. The van der Waals surface area contributed by atoms with E-state index in [1.807, 2.05) is 0 Å². The highest BCUT2D eigenvalue weighted by Gasteiger charge is 2.28. The third-order valence-corrected chi connectivity index (χ3v) is 5.22. The lowest BCUT2D eigenvalue weighted by Crippen LogP contribution is -2.44. The zero-order valence-electron chi connectivity index (χ0n) is 13.3. The molecule has 0 aromatic carbocycles. The van der Waals surface area contributed by atoms with Crippen LogP contribution in [0, 0.1) is 0 Å². The summed E-state index contributed by atoms with van der Waals surface area (Å²) in [4.78, 5) is 12.0. The first-order valence-electron chi connectivity index (χ1n) is 7.77. The average Bonchev–Trinajstić information content (AvgIpc) is 2.96. The fourth-order valence-corrected chi connectivity index (χ4v) is 4.00. The smallest absolute Gasteiger partial charge is 0.273 e. The number of nitrogens with zero attached hydrogens (tertiary/aromatic N) is 4. The van der Waals surface area contributed by atoms with Gasteiger partial charge in [-0.2, -0.15) is 4.31 Å². The number of hydrogen-bond acceptors (Lipinski definition) is 6. The van der Waals surface area contributed by atoms with Gasteiger partial charge in [-0.15, -0.1) is 5.10 Å². The Hall–Kier alpha value is -1.52. The van der Waals surface area contributed by atoms with Crippen molar-refractivity contribution in [2.75, 3.05) is 25.9 Å². The molecule has 2 rings (SSSR count). The second-order valence-corrected chi connectivity index (χ2v) is 7.66. The van der Waals surface area contributed by atoms with E-state index < -0.39 is 10.0 Å². The lowest BCUT2D eigenvalue weighted by atomic mass is 10.0. The van der Waals surface area contributed by atoms with Gasteiger partial charge in [0, 0.05) is 25.7 Å². The molecule has 1 aromatic rings. The van der Waals surface area contributed by atoms with Crippen LogP contribution in [-0.4, -0.2) is 65.6 Å². The number of sulfonamides is 1. The van der Waals surface area contributed by atoms with E-state index in [1.54, 1.807) is 10.5 Å². The van der Waals surface area contributed by atoms with Crippen LogP contribution >= 0.6 is 0 Å². The molecule has 1 saturated heterocycles. The summed E-state index contributed by atoms with van der Waals surface area (Å²) >= 11 is 0. The summed E-state index contributed by atoms with van der Waals surface area (Å²) in [6.07, 6.45) is 6.11. The molecule has 1 aliphatic heterocycles. The molecule has 1 amide bonds. The van der Waals surface area contributed by atoms with Crippen molar-refractivity contribution in [2.45, 2.75) is 38.3 Å². The van der Waals surface area contributed by atoms with Crippen molar-refractivity contribution < 1.29 is 13.2 Å². The van der Waals surface area contributed by atoms with Crippen LogP contribution in [0.1, 0.15) is 36.2 Å². The van der Waals surface area contributed by atoms with Crippen LogP contribution in [0.5, 0.6) is 0 Å². The molecule has 2 heterocycles. The Kier molecular flexibility index (Phi) is 6.08. The summed E-state index contributed by atoms with van der Waals surface area (Å²) in [6, 6.07) is -0.0491. The van der Waals surface area contributed by atoms with E-state index in [9.17, 15) is 13.2 Å². The van der Waals surface area contributed by atoms with Crippen molar-refractivity contribution in [2.24, 2.45) is 5.73 Å². The van der Waals surface area contributed by atoms with Gasteiger partial charge in [0.15, 0.2) is 5.69 Å². The lowest BCUT2D eigenvalue weighted by Gasteiger charge is -2.33. The molecule has 0 bridgehead atoms. The maximum atomic E-state index is 12.0. The van der Waals surface area contributed by atoms with Crippen LogP contribution in [0.2, 0.25) is 0 Å². The SMILES string of the molecule is CS(=O)(=O)N1CCCC[C@@H]1CCNC(=O)c1cn(CCN)nn1. The number of nitrogens with one attached hydrogen (secondary N) is 1. The maximum absolute atomic E-state index is 12.0. The van der Waals surface area contributed by atoms with Crippen LogP contribution < -0.4 is 11.1 Å². The van der Waals surface area contributed by atoms with E-state index in [1.165, 1.54) is 10.9 Å². The third kappa shape index (κ3) is 4.98. The summed E-state index contributed by atoms with van der Waals surface area (Å²) in [5.41, 5.74) is 5.65. The minimum atomic E-state index is -3.20. The van der Waals surface area contributed by atoms with Crippen LogP contribution in [0.25, 0.3) is 0 Å². The normalized spacial score (nSPS) is 19.7. The van der Waals surface area contributed by atoms with Gasteiger partial charge in [0.25, 0.3) is 5.91 Å². The summed E-state index contributed by atoms with van der Waals surface area (Å²) in [6.45, 7) is 1.89. The van der Waals surface area contributed by atoms with E-state index in [-0.39, 0.29) is 17.6 Å². The van der Waals surface area contributed by atoms with Crippen molar-refractivity contribution in [3.63, 3.8) is 0 Å². The predicted octanol–water partition coefficient (Wildman–Crippen LogP) is -0.829. The zero-order valence-corrected chi connectivity index (χ0v) is 14.1. The van der Waals surface area contributed by atoms with Gasteiger partial charge in [0.1, 0.15) is 0 Å². The molecule has 9 nitrogen and oxygen atoms in total. The summed E-state index contributed by atoms with van der Waals surface area (Å²) in [7, 11) is -3.20. The van der Waals surface area contributed by atoms with Gasteiger partial charge >= 0.3 is 0 Å². The van der Waals surface area contributed by atoms with Gasteiger partial charge in [0.05, 0.1) is 19.0 Å². The van der Waals surface area contributed by atoms with E-state index >= 15 is 0 Å². The molecule has 10 heteroatoms. The maximum Gasteiger partial charge on any atom is 0.273 e. The molecule has 0 saturated carbocycles. The van der Waals surface area contributed by atoms with Crippen molar-refractivity contribution in [3.05, 3.63) is 11.9 Å². The van der Waals surface area contributed by atoms with E-state index in [2.05, 4.69) is 15.6 Å². The number of hydrogen-bond donors (Lipinski definition) is 2. The molecule has 3 N–H and O–H groups in total. The average molecular weight is 344 g/mol. The highest BCUT2D eigenvalue weighted by Crippen LogP contribution is 2.21. The fourth-order valence-electron chi connectivity index (χ4n) is 2.79. The molecule has 0 radical (unpaired) electrons. The summed E-state index contributed by atoms with van der Waals surface area (Å²) < 4.78 is 26.6.